The molecule has 3 aromatic rings. The highest BCUT2D eigenvalue weighted by Crippen LogP contribution is 2.27. The molecule has 1 aliphatic rings. The van der Waals surface area contributed by atoms with Crippen LogP contribution in [0.4, 0.5) is 0 Å². The number of benzene rings is 2. The molecule has 1 fully saturated rings. The first-order valence-corrected chi connectivity index (χ1v) is 13.9. The number of amides is 1. The normalized spacial score (nSPS) is 15.9. The van der Waals surface area contributed by atoms with Gasteiger partial charge in [0.1, 0.15) is 0 Å². The number of fused-ring (bicyclic) bond motifs is 1. The molecule has 0 saturated heterocycles. The van der Waals surface area contributed by atoms with Gasteiger partial charge in [-0.1, -0.05) is 42.2 Å². The van der Waals surface area contributed by atoms with Crippen molar-refractivity contribution in [2.75, 3.05) is 20.8 Å². The van der Waals surface area contributed by atoms with Crippen LogP contribution in [0.1, 0.15) is 42.5 Å². The number of nitrogens with zero attached hydrogens (tertiary/aromatic N) is 3. The molecule has 2 aromatic carbocycles. The third-order valence-corrected chi connectivity index (χ3v) is 9.43. The minimum atomic E-state index is -3.62. The van der Waals surface area contributed by atoms with Gasteiger partial charge in [-0.15, -0.1) is 0 Å². The Bertz CT molecular complexity index is 1340. The van der Waals surface area contributed by atoms with Gasteiger partial charge in [0.25, 0.3) is 5.91 Å². The molecular formula is C24H28ClN3O4S2. The van der Waals surface area contributed by atoms with Crippen LogP contribution >= 0.6 is 22.9 Å². The number of halogens is 1. The predicted molar refractivity (Wildman–Crippen MR) is 135 cm³/mol. The molecule has 0 spiro atoms. The highest BCUT2D eigenvalue weighted by atomic mass is 35.5. The van der Waals surface area contributed by atoms with E-state index in [9.17, 15) is 13.2 Å². The predicted octanol–water partition coefficient (Wildman–Crippen LogP) is 4.70. The fourth-order valence-electron chi connectivity index (χ4n) is 4.26. The maximum absolute atomic E-state index is 13.1. The van der Waals surface area contributed by atoms with Gasteiger partial charge in [-0.2, -0.15) is 9.30 Å². The fourth-order valence-corrected chi connectivity index (χ4v) is 7.01. The Kier molecular flexibility index (Phi) is 7.89. The SMILES string of the molecule is COCCn1c(=NC(=O)c2ccc(S(=O)(=O)N(C)C3CCCCC3)cc2)sc2cc(Cl)ccc21. The number of sulfonamides is 1. The standard InChI is InChI=1S/C24H28ClN3O4S2/c1-27(19-6-4-3-5-7-19)34(30,31)20-11-8-17(9-12-20)23(29)26-24-28(14-15-32-2)21-13-10-18(25)16-22(21)33-24/h8-13,16,19H,3-7,14-15H2,1-2H3. The molecule has 0 bridgehead atoms. The summed E-state index contributed by atoms with van der Waals surface area (Å²) in [5, 5.41) is 0.612. The van der Waals surface area contributed by atoms with E-state index in [2.05, 4.69) is 4.99 Å². The van der Waals surface area contributed by atoms with Crippen LogP contribution in [0.3, 0.4) is 0 Å². The Morgan fingerprint density at radius 1 is 1.18 bits per heavy atom. The van der Waals surface area contributed by atoms with E-state index >= 15 is 0 Å². The fraction of sp³-hybridized carbons (Fsp3) is 0.417. The van der Waals surface area contributed by atoms with Gasteiger partial charge in [0.15, 0.2) is 4.80 Å². The van der Waals surface area contributed by atoms with E-state index in [1.54, 1.807) is 20.2 Å². The smallest absolute Gasteiger partial charge is 0.279 e. The Balaban J connectivity index is 1.61. The number of hydrogen-bond donors (Lipinski definition) is 0. The molecule has 10 heteroatoms. The summed E-state index contributed by atoms with van der Waals surface area (Å²) in [5.41, 5.74) is 1.25. The highest BCUT2D eigenvalue weighted by Gasteiger charge is 2.29. The zero-order chi connectivity index (χ0) is 24.3. The van der Waals surface area contributed by atoms with Gasteiger partial charge in [-0.05, 0) is 55.3 Å². The van der Waals surface area contributed by atoms with Gasteiger partial charge in [-0.3, -0.25) is 4.79 Å². The lowest BCUT2D eigenvalue weighted by atomic mass is 9.96. The van der Waals surface area contributed by atoms with Crippen molar-refractivity contribution in [2.24, 2.45) is 4.99 Å². The Labute approximate surface area is 208 Å². The molecule has 0 aliphatic heterocycles. The molecule has 0 unspecified atom stereocenters. The summed E-state index contributed by atoms with van der Waals surface area (Å²) < 4.78 is 35.7. The first-order chi connectivity index (χ1) is 16.3. The molecule has 0 radical (unpaired) electrons. The van der Waals surface area contributed by atoms with Crippen LogP contribution in [0.15, 0.2) is 52.4 Å². The molecule has 1 amide bonds. The Morgan fingerprint density at radius 2 is 1.88 bits per heavy atom. The van der Waals surface area contributed by atoms with Crippen molar-refractivity contribution in [3.63, 3.8) is 0 Å². The Hall–Kier alpha value is -2.04. The number of carbonyl (C=O) groups is 1. The molecule has 4 rings (SSSR count). The second-order valence-electron chi connectivity index (χ2n) is 8.40. The number of rotatable bonds is 7. The summed E-state index contributed by atoms with van der Waals surface area (Å²) in [5.74, 6) is -0.437. The summed E-state index contributed by atoms with van der Waals surface area (Å²) in [6.45, 7) is 1.01. The molecule has 1 aromatic heterocycles. The monoisotopic (exact) mass is 521 g/mol. The number of hydrogen-bond acceptors (Lipinski definition) is 5. The average Bonchev–Trinajstić information content (AvgIpc) is 3.18. The van der Waals surface area contributed by atoms with Crippen molar-refractivity contribution in [3.8, 4) is 0 Å². The van der Waals surface area contributed by atoms with Gasteiger partial charge in [0, 0.05) is 37.3 Å². The van der Waals surface area contributed by atoms with Crippen molar-refractivity contribution in [1.82, 2.24) is 8.87 Å². The number of aromatic nitrogens is 1. The molecule has 7 nitrogen and oxygen atoms in total. The zero-order valence-electron chi connectivity index (χ0n) is 19.2. The first-order valence-electron chi connectivity index (χ1n) is 11.3. The summed E-state index contributed by atoms with van der Waals surface area (Å²) in [4.78, 5) is 18.0. The van der Waals surface area contributed by atoms with E-state index in [-0.39, 0.29) is 10.9 Å². The molecule has 1 heterocycles. The van der Waals surface area contributed by atoms with E-state index in [0.717, 1.165) is 42.3 Å². The third-order valence-electron chi connectivity index (χ3n) is 6.23. The van der Waals surface area contributed by atoms with Crippen molar-refractivity contribution in [2.45, 2.75) is 49.6 Å². The van der Waals surface area contributed by atoms with Crippen molar-refractivity contribution in [1.29, 1.82) is 0 Å². The summed E-state index contributed by atoms with van der Waals surface area (Å²) in [6, 6.07) is 11.6. The van der Waals surface area contributed by atoms with Crippen LogP contribution < -0.4 is 4.80 Å². The Morgan fingerprint density at radius 3 is 2.56 bits per heavy atom. The van der Waals surface area contributed by atoms with Crippen LogP contribution in [0, 0.1) is 0 Å². The summed E-state index contributed by atoms with van der Waals surface area (Å²) in [6.07, 6.45) is 5.02. The second-order valence-corrected chi connectivity index (χ2v) is 11.8. The topological polar surface area (TPSA) is 81.0 Å². The molecule has 1 saturated carbocycles. The van der Waals surface area contributed by atoms with Crippen molar-refractivity contribution in [3.05, 3.63) is 57.9 Å². The second kappa shape index (κ2) is 10.7. The number of methoxy groups -OCH3 is 1. The molecule has 182 valence electrons. The van der Waals surface area contributed by atoms with Gasteiger partial charge in [0.05, 0.1) is 21.7 Å². The lowest BCUT2D eigenvalue weighted by Crippen LogP contribution is -2.38. The summed E-state index contributed by atoms with van der Waals surface area (Å²) in [7, 11) is -0.350. The third kappa shape index (κ3) is 5.28. The first kappa shape index (κ1) is 25.1. The van der Waals surface area contributed by atoms with Gasteiger partial charge in [0.2, 0.25) is 10.0 Å². The maximum atomic E-state index is 13.1. The minimum absolute atomic E-state index is 0.0269. The van der Waals surface area contributed by atoms with Crippen LogP contribution in [-0.2, 0) is 21.3 Å². The molecule has 1 aliphatic carbocycles. The average molecular weight is 522 g/mol. The highest BCUT2D eigenvalue weighted by molar-refractivity contribution is 7.89. The van der Waals surface area contributed by atoms with E-state index in [0.29, 0.717) is 28.5 Å². The van der Waals surface area contributed by atoms with E-state index < -0.39 is 15.9 Å². The van der Waals surface area contributed by atoms with E-state index in [1.807, 2.05) is 16.7 Å². The number of carbonyl (C=O) groups excluding carboxylic acids is 1. The lowest BCUT2D eigenvalue weighted by molar-refractivity contribution is 0.0997. The minimum Gasteiger partial charge on any atom is -0.383 e. The summed E-state index contributed by atoms with van der Waals surface area (Å²) >= 11 is 7.50. The molecule has 0 atom stereocenters. The molecule has 34 heavy (non-hydrogen) atoms. The quantitative estimate of drug-likeness (QED) is 0.451. The number of thiazole rings is 1. The largest absolute Gasteiger partial charge is 0.383 e. The van der Waals surface area contributed by atoms with E-state index in [1.165, 1.54) is 39.9 Å². The van der Waals surface area contributed by atoms with Crippen LogP contribution in [0.2, 0.25) is 5.02 Å². The van der Waals surface area contributed by atoms with Crippen LogP contribution in [0.5, 0.6) is 0 Å². The van der Waals surface area contributed by atoms with Gasteiger partial charge < -0.3 is 9.30 Å². The van der Waals surface area contributed by atoms with E-state index in [4.69, 9.17) is 16.3 Å². The van der Waals surface area contributed by atoms with Crippen LogP contribution in [-0.4, -0.2) is 50.0 Å². The molecular weight excluding hydrogens is 494 g/mol. The maximum Gasteiger partial charge on any atom is 0.279 e. The lowest BCUT2D eigenvalue weighted by Gasteiger charge is -2.30. The van der Waals surface area contributed by atoms with Crippen LogP contribution in [0.25, 0.3) is 10.2 Å². The zero-order valence-corrected chi connectivity index (χ0v) is 21.6. The van der Waals surface area contributed by atoms with Gasteiger partial charge >= 0.3 is 0 Å². The number of ether oxygens (including phenoxy) is 1. The molecule has 0 N–H and O–H groups in total. The van der Waals surface area contributed by atoms with Crippen molar-refractivity contribution < 1.29 is 17.9 Å². The van der Waals surface area contributed by atoms with Crippen molar-refractivity contribution >= 4 is 49.1 Å². The van der Waals surface area contributed by atoms with Gasteiger partial charge in [-0.25, -0.2) is 8.42 Å².